The zero-order valence-electron chi connectivity index (χ0n) is 8.15. The summed E-state index contributed by atoms with van der Waals surface area (Å²) >= 11 is 5.99. The van der Waals surface area contributed by atoms with Crippen LogP contribution in [0.25, 0.3) is 6.08 Å². The lowest BCUT2D eigenvalue weighted by Crippen LogP contribution is -2.23. The first kappa shape index (κ1) is 10.5. The lowest BCUT2D eigenvalue weighted by Gasteiger charge is -2.23. The largest absolute Gasteiger partial charge is 0.376 e. The summed E-state index contributed by atoms with van der Waals surface area (Å²) in [6.07, 6.45) is 2.93. The number of ether oxygens (including phenoxy) is 2. The molecule has 1 atom stereocenters. The number of hydrogen-bond acceptors (Lipinski definition) is 4. The van der Waals surface area contributed by atoms with Gasteiger partial charge in [-0.25, -0.2) is 9.97 Å². The highest BCUT2D eigenvalue weighted by atomic mass is 35.5. The molecule has 0 bridgehead atoms. The first-order chi connectivity index (χ1) is 7.31. The summed E-state index contributed by atoms with van der Waals surface area (Å²) in [5, 5.41) is 0.496. The third-order valence-electron chi connectivity index (χ3n) is 2.09. The molecule has 80 valence electrons. The number of halogens is 1. The second-order valence-corrected chi connectivity index (χ2v) is 3.51. The topological polar surface area (TPSA) is 44.2 Å². The Morgan fingerprint density at radius 1 is 1.53 bits per heavy atom. The van der Waals surface area contributed by atoms with E-state index in [9.17, 15) is 0 Å². The fourth-order valence-corrected chi connectivity index (χ4v) is 1.58. The van der Waals surface area contributed by atoms with Crippen LogP contribution in [0, 0.1) is 0 Å². The third kappa shape index (κ3) is 2.34. The predicted molar refractivity (Wildman–Crippen MR) is 56.6 cm³/mol. The molecule has 0 spiro atoms. The number of hydrogen-bond donors (Lipinski definition) is 0. The molecule has 15 heavy (non-hydrogen) atoms. The van der Waals surface area contributed by atoms with E-state index >= 15 is 0 Å². The van der Waals surface area contributed by atoms with Crippen LogP contribution in [0.15, 0.2) is 12.8 Å². The smallest absolute Gasteiger partial charge is 0.151 e. The molecular formula is C10H11ClN2O2. The van der Waals surface area contributed by atoms with E-state index in [-0.39, 0.29) is 6.10 Å². The maximum atomic E-state index is 5.99. The molecule has 2 heterocycles. The Bertz CT molecular complexity index is 364. The van der Waals surface area contributed by atoms with Crippen LogP contribution in [0.1, 0.15) is 17.6 Å². The third-order valence-corrected chi connectivity index (χ3v) is 2.38. The van der Waals surface area contributed by atoms with Crippen LogP contribution in [0.5, 0.6) is 0 Å². The summed E-state index contributed by atoms with van der Waals surface area (Å²) in [4.78, 5) is 8.24. The Labute approximate surface area is 92.9 Å². The van der Waals surface area contributed by atoms with E-state index in [1.807, 2.05) is 0 Å². The standard InChI is InChI=1S/C10H11ClN2O2/c1-2-9-12-5-7(11)10(13-9)8-6-14-3-4-15-8/h2,5,8H,1,3-4,6H2. The highest BCUT2D eigenvalue weighted by Gasteiger charge is 2.21. The van der Waals surface area contributed by atoms with E-state index in [1.54, 1.807) is 12.3 Å². The van der Waals surface area contributed by atoms with Gasteiger partial charge in [0.2, 0.25) is 0 Å². The van der Waals surface area contributed by atoms with Crippen LogP contribution in [-0.4, -0.2) is 29.8 Å². The van der Waals surface area contributed by atoms with Crippen LogP contribution >= 0.6 is 11.6 Å². The fraction of sp³-hybridized carbons (Fsp3) is 0.400. The zero-order chi connectivity index (χ0) is 10.7. The number of rotatable bonds is 2. The van der Waals surface area contributed by atoms with Crippen LogP contribution in [0.4, 0.5) is 0 Å². The summed E-state index contributed by atoms with van der Waals surface area (Å²) in [6.45, 7) is 5.27. The Morgan fingerprint density at radius 2 is 2.40 bits per heavy atom. The normalized spacial score (nSPS) is 21.3. The van der Waals surface area contributed by atoms with Crippen molar-refractivity contribution in [1.29, 1.82) is 0 Å². The lowest BCUT2D eigenvalue weighted by atomic mass is 10.2. The highest BCUT2D eigenvalue weighted by molar-refractivity contribution is 6.31. The van der Waals surface area contributed by atoms with E-state index in [0.29, 0.717) is 36.4 Å². The van der Waals surface area contributed by atoms with Gasteiger partial charge in [0.05, 0.1) is 30.5 Å². The van der Waals surface area contributed by atoms with Crippen molar-refractivity contribution in [3.63, 3.8) is 0 Å². The molecule has 0 amide bonds. The summed E-state index contributed by atoms with van der Waals surface area (Å²) in [7, 11) is 0. The predicted octanol–water partition coefficient (Wildman–Crippen LogP) is 1.86. The summed E-state index contributed by atoms with van der Waals surface area (Å²) in [5.74, 6) is 0.545. The molecular weight excluding hydrogens is 216 g/mol. The lowest BCUT2D eigenvalue weighted by molar-refractivity contribution is -0.0917. The first-order valence-electron chi connectivity index (χ1n) is 4.65. The van der Waals surface area contributed by atoms with Gasteiger partial charge < -0.3 is 9.47 Å². The molecule has 0 N–H and O–H groups in total. The van der Waals surface area contributed by atoms with Gasteiger partial charge in [-0.2, -0.15) is 0 Å². The minimum atomic E-state index is -0.201. The van der Waals surface area contributed by atoms with E-state index in [0.717, 1.165) is 0 Å². The summed E-state index contributed by atoms with van der Waals surface area (Å²) in [6, 6.07) is 0. The zero-order valence-corrected chi connectivity index (χ0v) is 8.91. The van der Waals surface area contributed by atoms with Crippen molar-refractivity contribution < 1.29 is 9.47 Å². The molecule has 1 unspecified atom stereocenters. The maximum Gasteiger partial charge on any atom is 0.151 e. The fourth-order valence-electron chi connectivity index (χ4n) is 1.36. The minimum Gasteiger partial charge on any atom is -0.376 e. The quantitative estimate of drug-likeness (QED) is 0.772. The van der Waals surface area contributed by atoms with Crippen molar-refractivity contribution >= 4 is 17.7 Å². The van der Waals surface area contributed by atoms with Gasteiger partial charge in [0.25, 0.3) is 0 Å². The van der Waals surface area contributed by atoms with Crippen molar-refractivity contribution in [1.82, 2.24) is 9.97 Å². The molecule has 1 aromatic heterocycles. The van der Waals surface area contributed by atoms with Gasteiger partial charge in [0.1, 0.15) is 6.10 Å². The van der Waals surface area contributed by atoms with Crippen molar-refractivity contribution in [3.05, 3.63) is 29.3 Å². The summed E-state index contributed by atoms with van der Waals surface area (Å²) in [5.41, 5.74) is 0.668. The summed E-state index contributed by atoms with van der Waals surface area (Å²) < 4.78 is 10.8. The van der Waals surface area contributed by atoms with Crippen molar-refractivity contribution in [2.75, 3.05) is 19.8 Å². The van der Waals surface area contributed by atoms with Crippen molar-refractivity contribution in [2.45, 2.75) is 6.10 Å². The van der Waals surface area contributed by atoms with E-state index in [2.05, 4.69) is 16.5 Å². The molecule has 0 aromatic carbocycles. The molecule has 1 fully saturated rings. The van der Waals surface area contributed by atoms with Crippen molar-refractivity contribution in [2.24, 2.45) is 0 Å². The van der Waals surface area contributed by atoms with Crippen LogP contribution < -0.4 is 0 Å². The van der Waals surface area contributed by atoms with Crippen LogP contribution in [-0.2, 0) is 9.47 Å². The van der Waals surface area contributed by atoms with Gasteiger partial charge in [-0.05, 0) is 6.08 Å². The highest BCUT2D eigenvalue weighted by Crippen LogP contribution is 2.25. The monoisotopic (exact) mass is 226 g/mol. The van der Waals surface area contributed by atoms with Crippen LogP contribution in [0.2, 0.25) is 5.02 Å². The van der Waals surface area contributed by atoms with Gasteiger partial charge in [-0.3, -0.25) is 0 Å². The molecule has 1 saturated heterocycles. The van der Waals surface area contributed by atoms with E-state index in [1.165, 1.54) is 0 Å². The maximum absolute atomic E-state index is 5.99. The molecule has 4 nitrogen and oxygen atoms in total. The molecule has 2 rings (SSSR count). The molecule has 0 radical (unpaired) electrons. The molecule has 1 aliphatic rings. The molecule has 0 saturated carbocycles. The molecule has 0 aliphatic carbocycles. The average molecular weight is 227 g/mol. The van der Waals surface area contributed by atoms with Gasteiger partial charge in [0.15, 0.2) is 5.82 Å². The molecule has 1 aromatic rings. The second kappa shape index (κ2) is 4.70. The Hall–Kier alpha value is -0.970. The minimum absolute atomic E-state index is 0.201. The SMILES string of the molecule is C=Cc1ncc(Cl)c(C2COCCO2)n1. The number of nitrogens with zero attached hydrogens (tertiary/aromatic N) is 2. The molecule has 5 heteroatoms. The van der Waals surface area contributed by atoms with E-state index in [4.69, 9.17) is 21.1 Å². The molecule has 1 aliphatic heterocycles. The Morgan fingerprint density at radius 3 is 3.07 bits per heavy atom. The van der Waals surface area contributed by atoms with Crippen molar-refractivity contribution in [3.8, 4) is 0 Å². The Kier molecular flexibility index (Phi) is 3.30. The van der Waals surface area contributed by atoms with Gasteiger partial charge in [0, 0.05) is 6.20 Å². The second-order valence-electron chi connectivity index (χ2n) is 3.10. The average Bonchev–Trinajstić information content (AvgIpc) is 2.31. The number of aromatic nitrogens is 2. The Balaban J connectivity index is 2.28. The van der Waals surface area contributed by atoms with Gasteiger partial charge >= 0.3 is 0 Å². The van der Waals surface area contributed by atoms with Gasteiger partial charge in [-0.15, -0.1) is 0 Å². The van der Waals surface area contributed by atoms with E-state index < -0.39 is 0 Å². The van der Waals surface area contributed by atoms with Gasteiger partial charge in [-0.1, -0.05) is 18.2 Å². The van der Waals surface area contributed by atoms with Crippen LogP contribution in [0.3, 0.4) is 0 Å². The first-order valence-corrected chi connectivity index (χ1v) is 5.03.